The van der Waals surface area contributed by atoms with Crippen LogP contribution >= 0.6 is 11.3 Å². The molecule has 0 spiro atoms. The number of amides is 1. The normalized spacial score (nSPS) is 17.2. The van der Waals surface area contributed by atoms with Crippen molar-refractivity contribution in [3.05, 3.63) is 45.8 Å². The highest BCUT2D eigenvalue weighted by Gasteiger charge is 2.30. The van der Waals surface area contributed by atoms with Gasteiger partial charge < -0.3 is 10.1 Å². The van der Waals surface area contributed by atoms with Gasteiger partial charge in [-0.05, 0) is 44.2 Å². The van der Waals surface area contributed by atoms with E-state index in [2.05, 4.69) is 10.3 Å². The summed E-state index contributed by atoms with van der Waals surface area (Å²) in [7, 11) is 0. The van der Waals surface area contributed by atoms with Gasteiger partial charge in [-0.25, -0.2) is 9.79 Å². The highest BCUT2D eigenvalue weighted by atomic mass is 32.1. The molecule has 5 nitrogen and oxygen atoms in total. The van der Waals surface area contributed by atoms with Crippen molar-refractivity contribution in [1.82, 2.24) is 0 Å². The quantitative estimate of drug-likeness (QED) is 0.851. The fourth-order valence-corrected chi connectivity index (χ4v) is 4.61. The number of aliphatic imine (C=N–C) groups is 1. The second-order valence-electron chi connectivity index (χ2n) is 6.07. The first-order chi connectivity index (χ1) is 12.2. The van der Waals surface area contributed by atoms with Crippen molar-refractivity contribution in [3.8, 4) is 0 Å². The zero-order valence-electron chi connectivity index (χ0n) is 13.9. The summed E-state index contributed by atoms with van der Waals surface area (Å²) in [6.45, 7) is 2.12. The molecule has 1 aromatic heterocycles. The summed E-state index contributed by atoms with van der Waals surface area (Å²) in [5.74, 6) is -0.574. The molecule has 128 valence electrons. The summed E-state index contributed by atoms with van der Waals surface area (Å²) < 4.78 is 5.25. The van der Waals surface area contributed by atoms with Crippen LogP contribution in [0.3, 0.4) is 0 Å². The fraction of sp³-hybridized carbons (Fsp3) is 0.316. The van der Waals surface area contributed by atoms with E-state index in [1.807, 2.05) is 24.3 Å². The molecule has 0 atom stereocenters. The van der Waals surface area contributed by atoms with Crippen molar-refractivity contribution >= 4 is 39.6 Å². The standard InChI is InChI=1S/C19H18N2O3S/c1-2-24-19(23)15-12-8-4-6-10-14(12)25-18(15)21-16-11-7-3-5-9-13(11)20-17(16)22/h3,5,7,9H,2,4,6,8,10H2,1H3,(H,20,21,22). The maximum atomic E-state index is 12.5. The maximum absolute atomic E-state index is 12.5. The number of carbonyl (C=O) groups is 2. The lowest BCUT2D eigenvalue weighted by atomic mass is 9.95. The third-order valence-corrected chi connectivity index (χ3v) is 5.68. The van der Waals surface area contributed by atoms with Crippen molar-refractivity contribution < 1.29 is 14.3 Å². The van der Waals surface area contributed by atoms with Crippen LogP contribution in [0.5, 0.6) is 0 Å². The Balaban J connectivity index is 1.84. The molecule has 2 aliphatic rings. The molecule has 0 saturated heterocycles. The van der Waals surface area contributed by atoms with Crippen molar-refractivity contribution in [2.75, 3.05) is 11.9 Å². The SMILES string of the molecule is CCOC(=O)c1c(/N=C2\C(=O)Nc3ccccc32)sc2c1CCCC2. The number of hydrogen-bond donors (Lipinski definition) is 1. The average Bonchev–Trinajstić information content (AvgIpc) is 3.13. The molecular formula is C19H18N2O3S. The lowest BCUT2D eigenvalue weighted by molar-refractivity contribution is -0.110. The molecule has 0 radical (unpaired) electrons. The molecule has 0 bridgehead atoms. The van der Waals surface area contributed by atoms with E-state index < -0.39 is 0 Å². The second-order valence-corrected chi connectivity index (χ2v) is 7.16. The third kappa shape index (κ3) is 2.76. The molecule has 1 aliphatic heterocycles. The molecule has 1 aliphatic carbocycles. The van der Waals surface area contributed by atoms with Crippen LogP contribution in [0.1, 0.15) is 46.1 Å². The molecule has 0 saturated carbocycles. The summed E-state index contributed by atoms with van der Waals surface area (Å²) in [5, 5.41) is 3.41. The molecule has 25 heavy (non-hydrogen) atoms. The van der Waals surface area contributed by atoms with E-state index >= 15 is 0 Å². The van der Waals surface area contributed by atoms with E-state index in [0.29, 0.717) is 22.9 Å². The Labute approximate surface area is 149 Å². The predicted molar refractivity (Wildman–Crippen MR) is 98.2 cm³/mol. The second kappa shape index (κ2) is 6.44. The van der Waals surface area contributed by atoms with Gasteiger partial charge in [0.1, 0.15) is 10.7 Å². The van der Waals surface area contributed by atoms with Gasteiger partial charge in [0.2, 0.25) is 0 Å². The van der Waals surface area contributed by atoms with Crippen LogP contribution in [0, 0.1) is 0 Å². The molecule has 1 N–H and O–H groups in total. The fourth-order valence-electron chi connectivity index (χ4n) is 3.36. The van der Waals surface area contributed by atoms with E-state index in [9.17, 15) is 9.59 Å². The number of carbonyl (C=O) groups excluding carboxylic acids is 2. The average molecular weight is 354 g/mol. The van der Waals surface area contributed by atoms with E-state index in [1.165, 1.54) is 16.2 Å². The van der Waals surface area contributed by atoms with Gasteiger partial charge in [-0.2, -0.15) is 0 Å². The van der Waals surface area contributed by atoms with E-state index in [-0.39, 0.29) is 11.9 Å². The molecule has 0 unspecified atom stereocenters. The maximum Gasteiger partial charge on any atom is 0.341 e. The molecule has 2 aromatic rings. The first-order valence-electron chi connectivity index (χ1n) is 8.50. The van der Waals surface area contributed by atoms with Crippen molar-refractivity contribution in [2.24, 2.45) is 4.99 Å². The Morgan fingerprint density at radius 3 is 2.92 bits per heavy atom. The number of aryl methyl sites for hydroxylation is 1. The lowest BCUT2D eigenvalue weighted by Gasteiger charge is -2.11. The molecule has 1 aromatic carbocycles. The highest BCUT2D eigenvalue weighted by molar-refractivity contribution is 7.16. The van der Waals surface area contributed by atoms with Gasteiger partial charge in [0.05, 0.1) is 17.9 Å². The lowest BCUT2D eigenvalue weighted by Crippen LogP contribution is -2.14. The molecular weight excluding hydrogens is 336 g/mol. The summed E-state index contributed by atoms with van der Waals surface area (Å²) in [5.41, 5.74) is 3.49. The van der Waals surface area contributed by atoms with Crippen LogP contribution in [0.15, 0.2) is 29.3 Å². The highest BCUT2D eigenvalue weighted by Crippen LogP contribution is 2.41. The Bertz CT molecular complexity index is 898. The van der Waals surface area contributed by atoms with Crippen LogP contribution in [0.4, 0.5) is 10.7 Å². The number of benzene rings is 1. The zero-order chi connectivity index (χ0) is 17.4. The Morgan fingerprint density at radius 2 is 2.08 bits per heavy atom. The Kier molecular flexibility index (Phi) is 4.13. The van der Waals surface area contributed by atoms with E-state index in [4.69, 9.17) is 4.74 Å². The van der Waals surface area contributed by atoms with Crippen molar-refractivity contribution in [1.29, 1.82) is 0 Å². The summed E-state index contributed by atoms with van der Waals surface area (Å²) in [6.07, 6.45) is 4.01. The number of nitrogens with one attached hydrogen (secondary N) is 1. The minimum atomic E-state index is -0.340. The number of anilines is 1. The van der Waals surface area contributed by atoms with Crippen molar-refractivity contribution in [2.45, 2.75) is 32.6 Å². The van der Waals surface area contributed by atoms with Crippen LogP contribution in [-0.4, -0.2) is 24.2 Å². The molecule has 6 heteroatoms. The van der Waals surface area contributed by atoms with Gasteiger partial charge >= 0.3 is 5.97 Å². The van der Waals surface area contributed by atoms with Gasteiger partial charge in [-0.3, -0.25) is 4.79 Å². The van der Waals surface area contributed by atoms with Crippen LogP contribution in [0.2, 0.25) is 0 Å². The minimum Gasteiger partial charge on any atom is -0.462 e. The van der Waals surface area contributed by atoms with Crippen LogP contribution in [-0.2, 0) is 22.4 Å². The number of ether oxygens (including phenoxy) is 1. The Morgan fingerprint density at radius 1 is 1.28 bits per heavy atom. The smallest absolute Gasteiger partial charge is 0.341 e. The van der Waals surface area contributed by atoms with Crippen molar-refractivity contribution in [3.63, 3.8) is 0 Å². The third-order valence-electron chi connectivity index (χ3n) is 4.49. The number of thiophene rings is 1. The first kappa shape index (κ1) is 16.0. The largest absolute Gasteiger partial charge is 0.462 e. The van der Waals surface area contributed by atoms with Gasteiger partial charge in [-0.15, -0.1) is 11.3 Å². The topological polar surface area (TPSA) is 67.8 Å². The Hall–Kier alpha value is -2.47. The molecule has 2 heterocycles. The number of hydrogen-bond acceptors (Lipinski definition) is 5. The number of rotatable bonds is 3. The first-order valence-corrected chi connectivity index (χ1v) is 9.31. The monoisotopic (exact) mass is 354 g/mol. The van der Waals surface area contributed by atoms with Gasteiger partial charge in [0.15, 0.2) is 0 Å². The summed E-state index contributed by atoms with van der Waals surface area (Å²) in [4.78, 5) is 30.7. The van der Waals surface area contributed by atoms with Gasteiger partial charge in [0, 0.05) is 10.4 Å². The summed E-state index contributed by atoms with van der Waals surface area (Å²) >= 11 is 1.51. The van der Waals surface area contributed by atoms with E-state index in [1.54, 1.807) is 6.92 Å². The number of nitrogens with zero attached hydrogens (tertiary/aromatic N) is 1. The van der Waals surface area contributed by atoms with Crippen LogP contribution < -0.4 is 5.32 Å². The molecule has 0 fully saturated rings. The predicted octanol–water partition coefficient (Wildman–Crippen LogP) is 3.88. The number of para-hydroxylation sites is 1. The minimum absolute atomic E-state index is 0.234. The van der Waals surface area contributed by atoms with Gasteiger partial charge in [-0.1, -0.05) is 18.2 Å². The summed E-state index contributed by atoms with van der Waals surface area (Å²) in [6, 6.07) is 7.46. The number of fused-ring (bicyclic) bond motifs is 2. The van der Waals surface area contributed by atoms with Crippen LogP contribution in [0.25, 0.3) is 0 Å². The van der Waals surface area contributed by atoms with E-state index in [0.717, 1.165) is 42.5 Å². The zero-order valence-corrected chi connectivity index (χ0v) is 14.7. The molecule has 4 rings (SSSR count). The molecule has 1 amide bonds. The number of esters is 1. The van der Waals surface area contributed by atoms with Gasteiger partial charge in [0.25, 0.3) is 5.91 Å².